The van der Waals surface area contributed by atoms with E-state index in [0.717, 1.165) is 4.68 Å². The van der Waals surface area contributed by atoms with E-state index in [-0.39, 0.29) is 13.2 Å². The topological polar surface area (TPSA) is 55.1 Å². The first-order valence-corrected chi connectivity index (χ1v) is 3.70. The highest BCUT2D eigenvalue weighted by atomic mass is 19.4. The number of alkyl halides is 3. The molecular weight excluding hydrogens is 201 g/mol. The molecule has 78 valence electrons. The third-order valence-electron chi connectivity index (χ3n) is 1.51. The Labute approximate surface area is 76.6 Å². The fourth-order valence-corrected chi connectivity index (χ4v) is 0.851. The number of halogens is 3. The van der Waals surface area contributed by atoms with Crippen LogP contribution in [0.1, 0.15) is 5.56 Å². The zero-order valence-corrected chi connectivity index (χ0v) is 6.95. The highest BCUT2D eigenvalue weighted by molar-refractivity contribution is 5.10. The number of aliphatic hydroxyl groups excluding tert-OH is 1. The summed E-state index contributed by atoms with van der Waals surface area (Å²) in [5.41, 5.74) is -1.97. The second kappa shape index (κ2) is 3.79. The fraction of sp³-hybridized carbons (Fsp3) is 0.429. The van der Waals surface area contributed by atoms with E-state index in [2.05, 4.69) is 5.10 Å². The summed E-state index contributed by atoms with van der Waals surface area (Å²) in [5.74, 6) is 0. The second-order valence-electron chi connectivity index (χ2n) is 2.53. The summed E-state index contributed by atoms with van der Waals surface area (Å²) in [6, 6.07) is 0.447. The van der Waals surface area contributed by atoms with E-state index in [9.17, 15) is 18.0 Å². The third kappa shape index (κ3) is 2.32. The fourth-order valence-electron chi connectivity index (χ4n) is 0.851. The van der Waals surface area contributed by atoms with Crippen LogP contribution in [0, 0.1) is 0 Å². The van der Waals surface area contributed by atoms with E-state index in [1.165, 1.54) is 0 Å². The molecule has 0 bridgehead atoms. The first kappa shape index (κ1) is 10.7. The lowest BCUT2D eigenvalue weighted by molar-refractivity contribution is -0.138. The van der Waals surface area contributed by atoms with Crippen molar-refractivity contribution in [2.24, 2.45) is 0 Å². The van der Waals surface area contributed by atoms with Crippen LogP contribution >= 0.6 is 0 Å². The van der Waals surface area contributed by atoms with Crippen molar-refractivity contribution in [1.29, 1.82) is 0 Å². The van der Waals surface area contributed by atoms with Crippen LogP contribution in [0.25, 0.3) is 0 Å². The molecule has 14 heavy (non-hydrogen) atoms. The minimum atomic E-state index is -4.57. The lowest BCUT2D eigenvalue weighted by atomic mass is 10.3. The molecule has 0 amide bonds. The molecule has 0 radical (unpaired) electrons. The molecule has 4 nitrogen and oxygen atoms in total. The SMILES string of the molecule is O=c1cc(C(F)(F)F)cnn1CCO. The Morgan fingerprint density at radius 1 is 1.50 bits per heavy atom. The Kier molecular flexibility index (Phi) is 2.90. The normalized spacial score (nSPS) is 11.7. The smallest absolute Gasteiger partial charge is 0.394 e. The Bertz CT molecular complexity index is 372. The number of rotatable bonds is 2. The molecule has 1 aromatic heterocycles. The molecule has 1 N–H and O–H groups in total. The highest BCUT2D eigenvalue weighted by Crippen LogP contribution is 2.27. The van der Waals surface area contributed by atoms with Crippen molar-refractivity contribution in [2.45, 2.75) is 12.7 Å². The van der Waals surface area contributed by atoms with Gasteiger partial charge in [-0.05, 0) is 0 Å². The van der Waals surface area contributed by atoms with Gasteiger partial charge in [0.05, 0.1) is 24.9 Å². The van der Waals surface area contributed by atoms with Gasteiger partial charge in [-0.15, -0.1) is 0 Å². The predicted octanol–water partition coefficient (Wildman–Crippen LogP) is 0.254. The van der Waals surface area contributed by atoms with E-state index in [4.69, 9.17) is 5.11 Å². The molecule has 0 unspecified atom stereocenters. The molecule has 1 aromatic rings. The lowest BCUT2D eigenvalue weighted by Gasteiger charge is -2.06. The summed E-state index contributed by atoms with van der Waals surface area (Å²) in [4.78, 5) is 11.0. The van der Waals surface area contributed by atoms with Crippen LogP contribution in [0.2, 0.25) is 0 Å². The molecule has 1 rings (SSSR count). The molecule has 0 aliphatic heterocycles. The van der Waals surface area contributed by atoms with E-state index in [1.54, 1.807) is 0 Å². The number of nitrogens with zero attached hydrogens (tertiary/aromatic N) is 2. The number of hydrogen-bond acceptors (Lipinski definition) is 3. The molecule has 1 heterocycles. The van der Waals surface area contributed by atoms with Gasteiger partial charge < -0.3 is 5.11 Å². The van der Waals surface area contributed by atoms with Gasteiger partial charge in [0.2, 0.25) is 0 Å². The van der Waals surface area contributed by atoms with Crippen molar-refractivity contribution in [3.63, 3.8) is 0 Å². The number of aliphatic hydroxyl groups is 1. The van der Waals surface area contributed by atoms with Crippen molar-refractivity contribution in [2.75, 3.05) is 6.61 Å². The van der Waals surface area contributed by atoms with Crippen LogP contribution in [0.3, 0.4) is 0 Å². The Hall–Kier alpha value is -1.37. The van der Waals surface area contributed by atoms with Crippen LogP contribution in [0.15, 0.2) is 17.1 Å². The van der Waals surface area contributed by atoms with E-state index in [0.29, 0.717) is 12.3 Å². The Morgan fingerprint density at radius 3 is 2.57 bits per heavy atom. The first-order chi connectivity index (χ1) is 6.45. The van der Waals surface area contributed by atoms with Crippen molar-refractivity contribution < 1.29 is 18.3 Å². The standard InChI is InChI=1S/C7H7F3N2O2/c8-7(9,10)5-3-6(14)12(1-2-13)11-4-5/h3-4,13H,1-2H2. The number of hydrogen-bond donors (Lipinski definition) is 1. The first-order valence-electron chi connectivity index (χ1n) is 3.70. The molecule has 7 heteroatoms. The van der Waals surface area contributed by atoms with Crippen LogP contribution in [0.5, 0.6) is 0 Å². The van der Waals surface area contributed by atoms with E-state index < -0.39 is 17.3 Å². The Balaban J connectivity index is 3.07. The van der Waals surface area contributed by atoms with Gasteiger partial charge in [-0.1, -0.05) is 0 Å². The molecule has 0 aliphatic rings. The zero-order valence-electron chi connectivity index (χ0n) is 6.95. The predicted molar refractivity (Wildman–Crippen MR) is 40.6 cm³/mol. The Morgan fingerprint density at radius 2 is 2.14 bits per heavy atom. The average molecular weight is 208 g/mol. The van der Waals surface area contributed by atoms with Crippen LogP contribution < -0.4 is 5.56 Å². The van der Waals surface area contributed by atoms with E-state index in [1.807, 2.05) is 0 Å². The largest absolute Gasteiger partial charge is 0.418 e. The van der Waals surface area contributed by atoms with Crippen LogP contribution in [-0.2, 0) is 12.7 Å². The average Bonchev–Trinajstić information content (AvgIpc) is 2.07. The lowest BCUT2D eigenvalue weighted by Crippen LogP contribution is -2.25. The van der Waals surface area contributed by atoms with Crippen molar-refractivity contribution >= 4 is 0 Å². The van der Waals surface area contributed by atoms with Gasteiger partial charge in [-0.3, -0.25) is 4.79 Å². The van der Waals surface area contributed by atoms with Crippen molar-refractivity contribution in [3.05, 3.63) is 28.2 Å². The summed E-state index contributed by atoms with van der Waals surface area (Å²) in [5, 5.41) is 11.7. The molecule has 0 aliphatic carbocycles. The maximum absolute atomic E-state index is 12.0. The minimum Gasteiger partial charge on any atom is -0.394 e. The summed E-state index contributed by atoms with van der Waals surface area (Å²) < 4.78 is 36.9. The third-order valence-corrected chi connectivity index (χ3v) is 1.51. The minimum absolute atomic E-state index is 0.114. The molecule has 0 aromatic carbocycles. The summed E-state index contributed by atoms with van der Waals surface area (Å²) in [7, 11) is 0. The maximum Gasteiger partial charge on any atom is 0.418 e. The van der Waals surface area contributed by atoms with Gasteiger partial charge in [0.25, 0.3) is 5.56 Å². The van der Waals surface area contributed by atoms with Gasteiger partial charge in [0.15, 0.2) is 0 Å². The molecular formula is C7H7F3N2O2. The summed E-state index contributed by atoms with van der Waals surface area (Å²) >= 11 is 0. The molecule has 0 fully saturated rings. The number of aromatic nitrogens is 2. The molecule has 0 spiro atoms. The summed E-state index contributed by atoms with van der Waals surface area (Å²) in [6.45, 7) is -0.463. The van der Waals surface area contributed by atoms with Gasteiger partial charge >= 0.3 is 6.18 Å². The van der Waals surface area contributed by atoms with Gasteiger partial charge in [0, 0.05) is 6.07 Å². The molecule has 0 atom stereocenters. The van der Waals surface area contributed by atoms with Crippen molar-refractivity contribution in [1.82, 2.24) is 9.78 Å². The van der Waals surface area contributed by atoms with Crippen molar-refractivity contribution in [3.8, 4) is 0 Å². The van der Waals surface area contributed by atoms with Gasteiger partial charge in [-0.25, -0.2) is 4.68 Å². The second-order valence-corrected chi connectivity index (χ2v) is 2.53. The molecule has 0 saturated carbocycles. The quantitative estimate of drug-likeness (QED) is 0.758. The van der Waals surface area contributed by atoms with E-state index >= 15 is 0 Å². The molecule has 0 saturated heterocycles. The zero-order chi connectivity index (χ0) is 10.8. The van der Waals surface area contributed by atoms with Crippen LogP contribution in [0.4, 0.5) is 13.2 Å². The summed E-state index contributed by atoms with van der Waals surface area (Å²) in [6.07, 6.45) is -4.01. The maximum atomic E-state index is 12.0. The monoisotopic (exact) mass is 208 g/mol. The van der Waals surface area contributed by atoms with Gasteiger partial charge in [-0.2, -0.15) is 18.3 Å². The van der Waals surface area contributed by atoms with Gasteiger partial charge in [0.1, 0.15) is 0 Å². The highest BCUT2D eigenvalue weighted by Gasteiger charge is 2.31. The van der Waals surface area contributed by atoms with Crippen LogP contribution in [-0.4, -0.2) is 21.5 Å².